The maximum Gasteiger partial charge on any atom is 0.238 e. The van der Waals surface area contributed by atoms with Crippen molar-refractivity contribution in [2.45, 2.75) is 46.5 Å². The van der Waals surface area contributed by atoms with Gasteiger partial charge in [0.05, 0.1) is 6.54 Å². The molecular formula is C20H33N3O. The van der Waals surface area contributed by atoms with E-state index < -0.39 is 0 Å². The van der Waals surface area contributed by atoms with Gasteiger partial charge in [-0.1, -0.05) is 20.8 Å². The number of anilines is 2. The van der Waals surface area contributed by atoms with Crippen molar-refractivity contribution in [3.8, 4) is 0 Å². The Bertz CT molecular complexity index is 486. The van der Waals surface area contributed by atoms with Crippen LogP contribution in [0.15, 0.2) is 24.3 Å². The SMILES string of the molecule is CCCN(CCC)CC(=O)Nc1ccc(N2CCC(C)CC2)cc1. The summed E-state index contributed by atoms with van der Waals surface area (Å²) in [5, 5.41) is 3.03. The predicted octanol–water partition coefficient (Wildman–Crippen LogP) is 3.98. The van der Waals surface area contributed by atoms with Crippen LogP contribution in [0.25, 0.3) is 0 Å². The fraction of sp³-hybridized carbons (Fsp3) is 0.650. The lowest BCUT2D eigenvalue weighted by atomic mass is 9.99. The molecule has 0 bridgehead atoms. The summed E-state index contributed by atoms with van der Waals surface area (Å²) in [5.41, 5.74) is 2.15. The third kappa shape index (κ3) is 5.82. The van der Waals surface area contributed by atoms with Gasteiger partial charge in [-0.15, -0.1) is 0 Å². The first-order chi connectivity index (χ1) is 11.6. The molecule has 1 N–H and O–H groups in total. The van der Waals surface area contributed by atoms with Crippen molar-refractivity contribution < 1.29 is 4.79 Å². The Hall–Kier alpha value is -1.55. The highest BCUT2D eigenvalue weighted by Gasteiger charge is 2.16. The summed E-state index contributed by atoms with van der Waals surface area (Å²) in [7, 11) is 0. The lowest BCUT2D eigenvalue weighted by Crippen LogP contribution is -2.34. The summed E-state index contributed by atoms with van der Waals surface area (Å²) in [4.78, 5) is 16.9. The van der Waals surface area contributed by atoms with Gasteiger partial charge in [-0.25, -0.2) is 0 Å². The highest BCUT2D eigenvalue weighted by molar-refractivity contribution is 5.92. The average molecular weight is 332 g/mol. The summed E-state index contributed by atoms with van der Waals surface area (Å²) in [6.07, 6.45) is 4.69. The average Bonchev–Trinajstić information content (AvgIpc) is 2.57. The normalized spacial score (nSPS) is 15.8. The Labute approximate surface area is 147 Å². The molecule has 4 nitrogen and oxygen atoms in total. The van der Waals surface area contributed by atoms with E-state index in [9.17, 15) is 4.79 Å². The molecule has 1 aromatic rings. The predicted molar refractivity (Wildman–Crippen MR) is 103 cm³/mol. The Morgan fingerprint density at radius 1 is 1.12 bits per heavy atom. The molecule has 0 aromatic heterocycles. The molecule has 1 aliphatic rings. The van der Waals surface area contributed by atoms with E-state index in [1.54, 1.807) is 0 Å². The lowest BCUT2D eigenvalue weighted by Gasteiger charge is -2.32. The number of nitrogens with one attached hydrogen (secondary N) is 1. The fourth-order valence-electron chi connectivity index (χ4n) is 3.33. The molecule has 2 rings (SSSR count). The van der Waals surface area contributed by atoms with Crippen molar-refractivity contribution in [3.05, 3.63) is 24.3 Å². The van der Waals surface area contributed by atoms with Gasteiger partial charge in [0.15, 0.2) is 0 Å². The number of rotatable bonds is 8. The van der Waals surface area contributed by atoms with E-state index >= 15 is 0 Å². The molecule has 0 atom stereocenters. The first-order valence-corrected chi connectivity index (χ1v) is 9.49. The van der Waals surface area contributed by atoms with Gasteiger partial charge in [0, 0.05) is 24.5 Å². The van der Waals surface area contributed by atoms with Crippen molar-refractivity contribution >= 4 is 17.3 Å². The minimum atomic E-state index is 0.0800. The van der Waals surface area contributed by atoms with Crippen molar-refractivity contribution in [1.29, 1.82) is 0 Å². The number of piperidine rings is 1. The van der Waals surface area contributed by atoms with Crippen LogP contribution in [-0.2, 0) is 4.79 Å². The van der Waals surface area contributed by atoms with Gasteiger partial charge in [0.1, 0.15) is 0 Å². The molecule has 24 heavy (non-hydrogen) atoms. The molecular weight excluding hydrogens is 298 g/mol. The minimum absolute atomic E-state index is 0.0800. The van der Waals surface area contributed by atoms with Crippen LogP contribution >= 0.6 is 0 Å². The summed E-state index contributed by atoms with van der Waals surface area (Å²) >= 11 is 0. The zero-order chi connectivity index (χ0) is 17.4. The van der Waals surface area contributed by atoms with Crippen LogP contribution in [0.1, 0.15) is 46.5 Å². The van der Waals surface area contributed by atoms with Crippen molar-refractivity contribution in [3.63, 3.8) is 0 Å². The Balaban J connectivity index is 1.85. The largest absolute Gasteiger partial charge is 0.372 e. The van der Waals surface area contributed by atoms with Crippen LogP contribution in [0.5, 0.6) is 0 Å². The molecule has 1 aliphatic heterocycles. The quantitative estimate of drug-likeness (QED) is 0.782. The molecule has 1 amide bonds. The summed E-state index contributed by atoms with van der Waals surface area (Å²) in [5.74, 6) is 0.922. The summed E-state index contributed by atoms with van der Waals surface area (Å²) in [6.45, 7) is 11.3. The minimum Gasteiger partial charge on any atom is -0.372 e. The molecule has 1 fully saturated rings. The molecule has 0 spiro atoms. The monoisotopic (exact) mass is 331 g/mol. The standard InChI is InChI=1S/C20H33N3O/c1-4-12-22(13-5-2)16-20(24)21-18-6-8-19(9-7-18)23-14-10-17(3)11-15-23/h6-9,17H,4-5,10-16H2,1-3H3,(H,21,24). The molecule has 1 aromatic carbocycles. The maximum absolute atomic E-state index is 12.2. The third-order valence-corrected chi connectivity index (χ3v) is 4.75. The molecule has 134 valence electrons. The van der Waals surface area contributed by atoms with E-state index in [4.69, 9.17) is 0 Å². The van der Waals surface area contributed by atoms with Gasteiger partial charge < -0.3 is 10.2 Å². The number of carbonyl (C=O) groups excluding carboxylic acids is 1. The van der Waals surface area contributed by atoms with Gasteiger partial charge in [-0.3, -0.25) is 9.69 Å². The lowest BCUT2D eigenvalue weighted by molar-refractivity contribution is -0.117. The van der Waals surface area contributed by atoms with Gasteiger partial charge >= 0.3 is 0 Å². The second kappa shape index (κ2) is 9.67. The van der Waals surface area contributed by atoms with Crippen molar-refractivity contribution in [1.82, 2.24) is 4.90 Å². The molecule has 0 aliphatic carbocycles. The van der Waals surface area contributed by atoms with Crippen LogP contribution in [-0.4, -0.2) is 43.5 Å². The van der Waals surface area contributed by atoms with Crippen LogP contribution in [0, 0.1) is 5.92 Å². The second-order valence-electron chi connectivity index (χ2n) is 7.04. The van der Waals surface area contributed by atoms with E-state index in [0.717, 1.165) is 50.6 Å². The van der Waals surface area contributed by atoms with Gasteiger partial charge in [-0.05, 0) is 69.0 Å². The highest BCUT2D eigenvalue weighted by Crippen LogP contribution is 2.24. The maximum atomic E-state index is 12.2. The van der Waals surface area contributed by atoms with Gasteiger partial charge in [0.25, 0.3) is 0 Å². The first kappa shape index (κ1) is 18.8. The van der Waals surface area contributed by atoms with Crippen LogP contribution in [0.2, 0.25) is 0 Å². The third-order valence-electron chi connectivity index (χ3n) is 4.75. The summed E-state index contributed by atoms with van der Waals surface area (Å²) < 4.78 is 0. The van der Waals surface area contributed by atoms with Crippen molar-refractivity contribution in [2.24, 2.45) is 5.92 Å². The van der Waals surface area contributed by atoms with Gasteiger partial charge in [0.2, 0.25) is 5.91 Å². The Morgan fingerprint density at radius 2 is 1.71 bits per heavy atom. The number of hydrogen-bond acceptors (Lipinski definition) is 3. The zero-order valence-electron chi connectivity index (χ0n) is 15.6. The molecule has 4 heteroatoms. The fourth-order valence-corrected chi connectivity index (χ4v) is 3.33. The second-order valence-corrected chi connectivity index (χ2v) is 7.04. The van der Waals surface area contributed by atoms with E-state index in [2.05, 4.69) is 48.0 Å². The van der Waals surface area contributed by atoms with Crippen molar-refractivity contribution in [2.75, 3.05) is 42.9 Å². The highest BCUT2D eigenvalue weighted by atomic mass is 16.2. The zero-order valence-corrected chi connectivity index (χ0v) is 15.6. The number of benzene rings is 1. The van der Waals surface area contributed by atoms with E-state index in [-0.39, 0.29) is 5.91 Å². The van der Waals surface area contributed by atoms with E-state index in [1.165, 1.54) is 18.5 Å². The molecule has 0 unspecified atom stereocenters. The van der Waals surface area contributed by atoms with Gasteiger partial charge in [-0.2, -0.15) is 0 Å². The van der Waals surface area contributed by atoms with E-state index in [1.807, 2.05) is 12.1 Å². The Kier molecular flexibility index (Phi) is 7.57. The number of amides is 1. The molecule has 1 saturated heterocycles. The number of carbonyl (C=O) groups is 1. The molecule has 0 saturated carbocycles. The molecule has 0 radical (unpaired) electrons. The van der Waals surface area contributed by atoms with Crippen LogP contribution in [0.3, 0.4) is 0 Å². The smallest absolute Gasteiger partial charge is 0.238 e. The number of nitrogens with zero attached hydrogens (tertiary/aromatic N) is 2. The van der Waals surface area contributed by atoms with E-state index in [0.29, 0.717) is 6.54 Å². The first-order valence-electron chi connectivity index (χ1n) is 9.49. The molecule has 1 heterocycles. The topological polar surface area (TPSA) is 35.6 Å². The summed E-state index contributed by atoms with van der Waals surface area (Å²) in [6, 6.07) is 8.30. The van der Waals surface area contributed by atoms with Crippen LogP contribution in [0.4, 0.5) is 11.4 Å². The van der Waals surface area contributed by atoms with Crippen LogP contribution < -0.4 is 10.2 Å². The number of hydrogen-bond donors (Lipinski definition) is 1. The Morgan fingerprint density at radius 3 is 2.25 bits per heavy atom.